The van der Waals surface area contributed by atoms with Crippen molar-refractivity contribution in [3.63, 3.8) is 0 Å². The summed E-state index contributed by atoms with van der Waals surface area (Å²) in [5.41, 5.74) is 0.906. The zero-order valence-corrected chi connectivity index (χ0v) is 17.8. The molecule has 0 bridgehead atoms. The maximum Gasteiger partial charge on any atom is 0.235 e. The normalized spacial score (nSPS) is 14.4. The Morgan fingerprint density at radius 3 is 2.86 bits per heavy atom. The molecule has 0 unspecified atom stereocenters. The van der Waals surface area contributed by atoms with E-state index in [1.165, 1.54) is 24.6 Å². The summed E-state index contributed by atoms with van der Waals surface area (Å²) in [5, 5.41) is 17.3. The molecule has 29 heavy (non-hydrogen) atoms. The van der Waals surface area contributed by atoms with Crippen molar-refractivity contribution >= 4 is 35.1 Å². The number of thioether (sulfide) groups is 1. The molecule has 4 rings (SSSR count). The van der Waals surface area contributed by atoms with Crippen LogP contribution >= 0.6 is 23.4 Å². The smallest absolute Gasteiger partial charge is 0.235 e. The molecule has 7 nitrogen and oxygen atoms in total. The summed E-state index contributed by atoms with van der Waals surface area (Å²) in [4.78, 5) is 12.5. The second-order valence-corrected chi connectivity index (χ2v) is 8.38. The number of carbonyl (C=O) groups is 1. The Bertz CT molecular complexity index is 995. The molecule has 2 heterocycles. The molecule has 152 valence electrons. The van der Waals surface area contributed by atoms with Crippen molar-refractivity contribution < 1.29 is 4.79 Å². The number of nitrogens with zero attached hydrogens (tertiary/aromatic N) is 5. The third-order valence-corrected chi connectivity index (χ3v) is 6.26. The number of nitrogens with one attached hydrogen (secondary N) is 1. The van der Waals surface area contributed by atoms with Crippen molar-refractivity contribution in [2.45, 2.75) is 50.4 Å². The second-order valence-electron chi connectivity index (χ2n) is 7.00. The van der Waals surface area contributed by atoms with Crippen LogP contribution in [-0.4, -0.2) is 36.2 Å². The molecule has 0 saturated heterocycles. The lowest BCUT2D eigenvalue weighted by atomic mass is 10.2. The van der Waals surface area contributed by atoms with E-state index in [0.29, 0.717) is 22.8 Å². The summed E-state index contributed by atoms with van der Waals surface area (Å²) in [6.45, 7) is 2.73. The third-order valence-electron chi connectivity index (χ3n) is 5.06. The molecule has 1 aliphatic carbocycles. The molecule has 1 fully saturated rings. The molecule has 2 aromatic heterocycles. The van der Waals surface area contributed by atoms with Crippen LogP contribution in [0.3, 0.4) is 0 Å². The molecule has 1 N–H and O–H groups in total. The van der Waals surface area contributed by atoms with Crippen molar-refractivity contribution in [2.24, 2.45) is 0 Å². The Labute approximate surface area is 178 Å². The van der Waals surface area contributed by atoms with Crippen LogP contribution in [0.25, 0.3) is 11.4 Å². The van der Waals surface area contributed by atoms with Gasteiger partial charge in [0.1, 0.15) is 5.82 Å². The SMILES string of the molecule is CCn1c(SCC(=O)Nc2ccnn2C2CCCC2)nnc1-c1cccc(Cl)c1. The molecular formula is C20H23ClN6OS. The summed E-state index contributed by atoms with van der Waals surface area (Å²) in [5.74, 6) is 1.68. The van der Waals surface area contributed by atoms with Gasteiger partial charge in [-0.15, -0.1) is 10.2 Å². The molecule has 0 aliphatic heterocycles. The summed E-state index contributed by atoms with van der Waals surface area (Å²) in [6, 6.07) is 9.77. The van der Waals surface area contributed by atoms with E-state index in [0.717, 1.165) is 30.0 Å². The van der Waals surface area contributed by atoms with Crippen LogP contribution in [0, 0.1) is 0 Å². The van der Waals surface area contributed by atoms with E-state index < -0.39 is 0 Å². The number of rotatable bonds is 7. The van der Waals surface area contributed by atoms with Crippen LogP contribution < -0.4 is 5.32 Å². The highest BCUT2D eigenvalue weighted by Crippen LogP contribution is 2.31. The third kappa shape index (κ3) is 4.48. The zero-order valence-electron chi connectivity index (χ0n) is 16.2. The van der Waals surface area contributed by atoms with Gasteiger partial charge in [-0.3, -0.25) is 4.79 Å². The Kier molecular flexibility index (Phi) is 6.20. The number of anilines is 1. The maximum atomic E-state index is 12.5. The fraction of sp³-hybridized carbons (Fsp3) is 0.400. The largest absolute Gasteiger partial charge is 0.310 e. The average molecular weight is 431 g/mol. The van der Waals surface area contributed by atoms with Gasteiger partial charge in [0, 0.05) is 23.2 Å². The highest BCUT2D eigenvalue weighted by molar-refractivity contribution is 7.99. The minimum atomic E-state index is -0.0790. The van der Waals surface area contributed by atoms with E-state index in [4.69, 9.17) is 11.6 Å². The van der Waals surface area contributed by atoms with Gasteiger partial charge in [0.05, 0.1) is 18.0 Å². The van der Waals surface area contributed by atoms with Crippen LogP contribution in [0.5, 0.6) is 0 Å². The molecule has 1 amide bonds. The minimum absolute atomic E-state index is 0.0790. The lowest BCUT2D eigenvalue weighted by Crippen LogP contribution is -2.19. The number of hydrogen-bond donors (Lipinski definition) is 1. The van der Waals surface area contributed by atoms with E-state index in [1.807, 2.05) is 46.5 Å². The van der Waals surface area contributed by atoms with E-state index in [2.05, 4.69) is 20.6 Å². The Morgan fingerprint density at radius 2 is 2.10 bits per heavy atom. The van der Waals surface area contributed by atoms with Gasteiger partial charge in [0.25, 0.3) is 0 Å². The van der Waals surface area contributed by atoms with Gasteiger partial charge in [0.15, 0.2) is 11.0 Å². The Balaban J connectivity index is 1.42. The first-order valence-corrected chi connectivity index (χ1v) is 11.2. The van der Waals surface area contributed by atoms with Crippen molar-refractivity contribution in [1.29, 1.82) is 0 Å². The Hall–Kier alpha value is -2.32. The predicted octanol–water partition coefficient (Wildman–Crippen LogP) is 4.66. The molecule has 9 heteroatoms. The number of halogens is 1. The van der Waals surface area contributed by atoms with E-state index in [9.17, 15) is 4.79 Å². The molecule has 0 spiro atoms. The molecule has 1 aromatic carbocycles. The highest BCUT2D eigenvalue weighted by Gasteiger charge is 2.21. The number of benzene rings is 1. The minimum Gasteiger partial charge on any atom is -0.310 e. The zero-order chi connectivity index (χ0) is 20.2. The monoisotopic (exact) mass is 430 g/mol. The molecular weight excluding hydrogens is 408 g/mol. The standard InChI is InChI=1S/C20H23ClN6OS/c1-2-26-19(14-6-5-7-15(21)12-14)24-25-20(26)29-13-18(28)23-17-10-11-22-27(17)16-8-3-4-9-16/h5-7,10-12,16H,2-4,8-9,13H2,1H3,(H,23,28). The number of hydrogen-bond acceptors (Lipinski definition) is 5. The van der Waals surface area contributed by atoms with Crippen molar-refractivity contribution in [1.82, 2.24) is 24.5 Å². The first kappa shape index (κ1) is 20.0. The van der Waals surface area contributed by atoms with Crippen LogP contribution in [0.15, 0.2) is 41.7 Å². The first-order valence-electron chi connectivity index (χ1n) is 9.81. The van der Waals surface area contributed by atoms with Crippen LogP contribution in [-0.2, 0) is 11.3 Å². The van der Waals surface area contributed by atoms with E-state index in [-0.39, 0.29) is 11.7 Å². The molecule has 0 atom stereocenters. The highest BCUT2D eigenvalue weighted by atomic mass is 35.5. The average Bonchev–Trinajstić information content (AvgIpc) is 3.46. The second kappa shape index (κ2) is 9.00. The topological polar surface area (TPSA) is 77.6 Å². The van der Waals surface area contributed by atoms with Crippen molar-refractivity contribution in [3.05, 3.63) is 41.6 Å². The van der Waals surface area contributed by atoms with Gasteiger partial charge in [0.2, 0.25) is 5.91 Å². The van der Waals surface area contributed by atoms with Gasteiger partial charge in [-0.25, -0.2) is 4.68 Å². The van der Waals surface area contributed by atoms with Crippen LogP contribution in [0.4, 0.5) is 5.82 Å². The van der Waals surface area contributed by atoms with Crippen LogP contribution in [0.2, 0.25) is 5.02 Å². The van der Waals surface area contributed by atoms with Crippen molar-refractivity contribution in [2.75, 3.05) is 11.1 Å². The summed E-state index contributed by atoms with van der Waals surface area (Å²) >= 11 is 7.48. The lowest BCUT2D eigenvalue weighted by molar-refractivity contribution is -0.113. The quantitative estimate of drug-likeness (QED) is 0.551. The Morgan fingerprint density at radius 1 is 1.28 bits per heavy atom. The fourth-order valence-electron chi connectivity index (χ4n) is 3.68. The molecule has 1 aliphatic rings. The number of aromatic nitrogens is 5. The summed E-state index contributed by atoms with van der Waals surface area (Å²) in [7, 11) is 0. The van der Waals surface area contributed by atoms with Gasteiger partial charge in [-0.2, -0.15) is 5.10 Å². The summed E-state index contributed by atoms with van der Waals surface area (Å²) in [6.07, 6.45) is 6.41. The van der Waals surface area contributed by atoms with E-state index in [1.54, 1.807) is 6.20 Å². The molecule has 0 radical (unpaired) electrons. The van der Waals surface area contributed by atoms with Gasteiger partial charge in [-0.05, 0) is 31.9 Å². The fourth-order valence-corrected chi connectivity index (χ4v) is 4.68. The maximum absolute atomic E-state index is 12.5. The number of carbonyl (C=O) groups excluding carboxylic acids is 1. The van der Waals surface area contributed by atoms with Gasteiger partial charge >= 0.3 is 0 Å². The molecule has 1 saturated carbocycles. The number of amides is 1. The van der Waals surface area contributed by atoms with Crippen molar-refractivity contribution in [3.8, 4) is 11.4 Å². The van der Waals surface area contributed by atoms with E-state index >= 15 is 0 Å². The summed E-state index contributed by atoms with van der Waals surface area (Å²) < 4.78 is 3.94. The van der Waals surface area contributed by atoms with Gasteiger partial charge < -0.3 is 9.88 Å². The van der Waals surface area contributed by atoms with Gasteiger partial charge in [-0.1, -0.05) is 48.3 Å². The van der Waals surface area contributed by atoms with Crippen LogP contribution in [0.1, 0.15) is 38.6 Å². The lowest BCUT2D eigenvalue weighted by Gasteiger charge is -2.14. The predicted molar refractivity (Wildman–Crippen MR) is 115 cm³/mol. The first-order chi connectivity index (χ1) is 14.2. The molecule has 3 aromatic rings.